The quantitative estimate of drug-likeness (QED) is 0.875. The van der Waals surface area contributed by atoms with Gasteiger partial charge < -0.3 is 5.11 Å². The Kier molecular flexibility index (Phi) is 4.62. The van der Waals surface area contributed by atoms with Crippen LogP contribution in [-0.2, 0) is 4.79 Å². The van der Waals surface area contributed by atoms with Gasteiger partial charge in [0.05, 0.1) is 5.92 Å². The maximum atomic E-state index is 11.5. The molecule has 0 amide bonds. The molecule has 0 radical (unpaired) electrons. The first kappa shape index (κ1) is 14.1. The van der Waals surface area contributed by atoms with E-state index in [4.69, 9.17) is 0 Å². The zero-order valence-corrected chi connectivity index (χ0v) is 11.9. The fourth-order valence-corrected chi connectivity index (χ4v) is 3.27. The summed E-state index contributed by atoms with van der Waals surface area (Å²) in [5, 5.41) is 9.48. The van der Waals surface area contributed by atoms with Gasteiger partial charge in [0, 0.05) is 0 Å². The Morgan fingerprint density at radius 3 is 2.47 bits per heavy atom. The molecule has 0 spiro atoms. The fourth-order valence-electron chi connectivity index (χ4n) is 3.27. The number of hydrogen-bond donors (Lipinski definition) is 1. The van der Waals surface area contributed by atoms with Crippen molar-refractivity contribution in [1.29, 1.82) is 0 Å². The highest BCUT2D eigenvalue weighted by Crippen LogP contribution is 2.38. The Hall–Kier alpha value is -1.31. The monoisotopic (exact) mass is 260 g/mol. The zero-order valence-electron chi connectivity index (χ0n) is 11.9. The molecule has 104 valence electrons. The van der Waals surface area contributed by atoms with E-state index in [1.165, 1.54) is 19.3 Å². The van der Waals surface area contributed by atoms with Gasteiger partial charge >= 0.3 is 5.97 Å². The van der Waals surface area contributed by atoms with Crippen molar-refractivity contribution in [3.05, 3.63) is 35.9 Å². The summed E-state index contributed by atoms with van der Waals surface area (Å²) >= 11 is 0. The van der Waals surface area contributed by atoms with Crippen molar-refractivity contribution in [2.24, 2.45) is 17.8 Å². The molecule has 4 atom stereocenters. The molecule has 0 aliphatic heterocycles. The van der Waals surface area contributed by atoms with Gasteiger partial charge in [-0.05, 0) is 36.2 Å². The molecular formula is C17H24O2. The second-order valence-electron chi connectivity index (χ2n) is 6.17. The van der Waals surface area contributed by atoms with Crippen LogP contribution in [0.15, 0.2) is 30.3 Å². The molecule has 1 aliphatic carbocycles. The number of carboxylic acid groups (broad SMARTS) is 1. The lowest BCUT2D eigenvalue weighted by molar-refractivity contribution is -0.139. The molecule has 2 nitrogen and oxygen atoms in total. The van der Waals surface area contributed by atoms with Crippen LogP contribution in [0.3, 0.4) is 0 Å². The molecule has 1 aromatic carbocycles. The number of hydrogen-bond acceptors (Lipinski definition) is 1. The van der Waals surface area contributed by atoms with Gasteiger partial charge in [-0.15, -0.1) is 0 Å². The zero-order chi connectivity index (χ0) is 13.8. The van der Waals surface area contributed by atoms with Crippen molar-refractivity contribution in [3.63, 3.8) is 0 Å². The van der Waals surface area contributed by atoms with Crippen LogP contribution in [-0.4, -0.2) is 11.1 Å². The summed E-state index contributed by atoms with van der Waals surface area (Å²) in [6.07, 6.45) is 4.39. The Morgan fingerprint density at radius 2 is 1.89 bits per heavy atom. The first-order chi connectivity index (χ1) is 9.08. The van der Waals surface area contributed by atoms with Crippen LogP contribution in [0.2, 0.25) is 0 Å². The predicted octanol–water partition coefficient (Wildman–Crippen LogP) is 4.32. The van der Waals surface area contributed by atoms with Crippen molar-refractivity contribution < 1.29 is 9.90 Å². The second-order valence-corrected chi connectivity index (χ2v) is 6.17. The molecule has 1 aromatic rings. The third kappa shape index (κ3) is 3.59. The molecule has 2 heteroatoms. The third-order valence-corrected chi connectivity index (χ3v) is 4.78. The van der Waals surface area contributed by atoms with Crippen LogP contribution in [0, 0.1) is 17.8 Å². The summed E-state index contributed by atoms with van der Waals surface area (Å²) in [7, 11) is 0. The molecule has 0 aromatic heterocycles. The van der Waals surface area contributed by atoms with Crippen LogP contribution < -0.4 is 0 Å². The molecular weight excluding hydrogens is 236 g/mol. The van der Waals surface area contributed by atoms with E-state index in [9.17, 15) is 9.90 Å². The highest BCUT2D eigenvalue weighted by Gasteiger charge is 2.29. The van der Waals surface area contributed by atoms with Crippen molar-refractivity contribution >= 4 is 5.97 Å². The SMILES string of the molecule is CC1CCC(CC(C(=O)O)c2ccccc2)CC1C. The van der Waals surface area contributed by atoms with Crippen LogP contribution in [0.25, 0.3) is 0 Å². The minimum Gasteiger partial charge on any atom is -0.481 e. The summed E-state index contributed by atoms with van der Waals surface area (Å²) < 4.78 is 0. The first-order valence-electron chi connectivity index (χ1n) is 7.35. The van der Waals surface area contributed by atoms with Gasteiger partial charge in [0.2, 0.25) is 0 Å². The Labute approximate surface area is 115 Å². The molecule has 1 aliphatic rings. The Bertz CT molecular complexity index is 413. The van der Waals surface area contributed by atoms with Crippen LogP contribution in [0.1, 0.15) is 51.0 Å². The van der Waals surface area contributed by atoms with Gasteiger partial charge in [0.25, 0.3) is 0 Å². The highest BCUT2D eigenvalue weighted by atomic mass is 16.4. The molecule has 1 saturated carbocycles. The third-order valence-electron chi connectivity index (χ3n) is 4.78. The van der Waals surface area contributed by atoms with Gasteiger partial charge in [0.1, 0.15) is 0 Å². The van der Waals surface area contributed by atoms with E-state index in [0.717, 1.165) is 23.8 Å². The van der Waals surface area contributed by atoms with Crippen LogP contribution in [0.5, 0.6) is 0 Å². The molecule has 2 rings (SSSR count). The average Bonchev–Trinajstić information content (AvgIpc) is 2.40. The van der Waals surface area contributed by atoms with E-state index < -0.39 is 5.97 Å². The molecule has 1 fully saturated rings. The van der Waals surface area contributed by atoms with Crippen molar-refractivity contribution in [3.8, 4) is 0 Å². The van der Waals surface area contributed by atoms with E-state index >= 15 is 0 Å². The number of aliphatic carboxylic acids is 1. The van der Waals surface area contributed by atoms with Crippen LogP contribution in [0.4, 0.5) is 0 Å². The number of benzene rings is 1. The first-order valence-corrected chi connectivity index (χ1v) is 7.35. The summed E-state index contributed by atoms with van der Waals surface area (Å²) in [6, 6.07) is 9.67. The molecule has 1 N–H and O–H groups in total. The number of carboxylic acids is 1. The Balaban J connectivity index is 2.04. The van der Waals surface area contributed by atoms with E-state index in [1.54, 1.807) is 0 Å². The van der Waals surface area contributed by atoms with E-state index in [-0.39, 0.29) is 5.92 Å². The summed E-state index contributed by atoms with van der Waals surface area (Å²) in [5.74, 6) is 1.05. The summed E-state index contributed by atoms with van der Waals surface area (Å²) in [6.45, 7) is 4.61. The molecule has 0 bridgehead atoms. The van der Waals surface area contributed by atoms with Gasteiger partial charge in [0.15, 0.2) is 0 Å². The summed E-state index contributed by atoms with van der Waals surface area (Å²) in [5.41, 5.74) is 0.946. The molecule has 0 saturated heterocycles. The van der Waals surface area contributed by atoms with E-state index in [1.807, 2.05) is 30.3 Å². The maximum absolute atomic E-state index is 11.5. The molecule has 19 heavy (non-hydrogen) atoms. The van der Waals surface area contributed by atoms with E-state index in [2.05, 4.69) is 13.8 Å². The fraction of sp³-hybridized carbons (Fsp3) is 0.588. The largest absolute Gasteiger partial charge is 0.481 e. The number of carbonyl (C=O) groups is 1. The van der Waals surface area contributed by atoms with Crippen molar-refractivity contribution in [2.45, 2.75) is 45.4 Å². The molecule has 0 heterocycles. The van der Waals surface area contributed by atoms with E-state index in [0.29, 0.717) is 5.92 Å². The van der Waals surface area contributed by atoms with Gasteiger partial charge in [-0.2, -0.15) is 0 Å². The Morgan fingerprint density at radius 1 is 1.21 bits per heavy atom. The van der Waals surface area contributed by atoms with Gasteiger partial charge in [-0.3, -0.25) is 4.79 Å². The van der Waals surface area contributed by atoms with Crippen molar-refractivity contribution in [2.75, 3.05) is 0 Å². The lowest BCUT2D eigenvalue weighted by Gasteiger charge is -2.33. The topological polar surface area (TPSA) is 37.3 Å². The highest BCUT2D eigenvalue weighted by molar-refractivity contribution is 5.76. The standard InChI is InChI=1S/C17H24O2/c1-12-8-9-14(10-13(12)2)11-16(17(18)19)15-6-4-3-5-7-15/h3-7,12-14,16H,8-11H2,1-2H3,(H,18,19). The maximum Gasteiger partial charge on any atom is 0.310 e. The summed E-state index contributed by atoms with van der Waals surface area (Å²) in [4.78, 5) is 11.5. The smallest absolute Gasteiger partial charge is 0.310 e. The average molecular weight is 260 g/mol. The normalized spacial score (nSPS) is 28.8. The molecule has 4 unspecified atom stereocenters. The van der Waals surface area contributed by atoms with Crippen LogP contribution >= 0.6 is 0 Å². The minimum absolute atomic E-state index is 0.341. The number of rotatable bonds is 4. The second kappa shape index (κ2) is 6.23. The lowest BCUT2D eigenvalue weighted by Crippen LogP contribution is -2.24. The van der Waals surface area contributed by atoms with Gasteiger partial charge in [-0.25, -0.2) is 0 Å². The predicted molar refractivity (Wildman–Crippen MR) is 77.1 cm³/mol. The van der Waals surface area contributed by atoms with Gasteiger partial charge in [-0.1, -0.05) is 57.0 Å². The lowest BCUT2D eigenvalue weighted by atomic mass is 9.72. The minimum atomic E-state index is -0.683. The van der Waals surface area contributed by atoms with Crippen molar-refractivity contribution in [1.82, 2.24) is 0 Å².